The predicted octanol–water partition coefficient (Wildman–Crippen LogP) is 3.87. The number of nitrogens with two attached hydrogens (primary N) is 1. The van der Waals surface area contributed by atoms with E-state index < -0.39 is 0 Å². The molecular formula is C13H13ClN4S2. The van der Waals surface area contributed by atoms with E-state index in [2.05, 4.69) is 10.1 Å². The molecule has 0 atom stereocenters. The minimum absolute atomic E-state index is 0.741. The van der Waals surface area contributed by atoms with Crippen LogP contribution < -0.4 is 5.73 Å². The lowest BCUT2D eigenvalue weighted by atomic mass is 10.3. The zero-order valence-corrected chi connectivity index (χ0v) is 13.4. The number of benzene rings is 1. The van der Waals surface area contributed by atoms with Gasteiger partial charge in [0.15, 0.2) is 4.34 Å². The molecule has 0 amide bonds. The molecule has 3 aromatic rings. The highest BCUT2D eigenvalue weighted by Gasteiger charge is 2.12. The first kappa shape index (κ1) is 13.7. The van der Waals surface area contributed by atoms with Gasteiger partial charge in [0.1, 0.15) is 0 Å². The lowest BCUT2D eigenvalue weighted by Gasteiger charge is -2.00. The number of thiazole rings is 1. The number of nitrogens with zero attached hydrogens (tertiary/aromatic N) is 3. The minimum atomic E-state index is 0.741. The summed E-state index contributed by atoms with van der Waals surface area (Å²) >= 11 is 9.57. The van der Waals surface area contributed by atoms with Gasteiger partial charge in [-0.3, -0.25) is 4.68 Å². The van der Waals surface area contributed by atoms with Gasteiger partial charge < -0.3 is 5.73 Å². The van der Waals surface area contributed by atoms with Crippen molar-refractivity contribution >= 4 is 50.6 Å². The van der Waals surface area contributed by atoms with E-state index in [4.69, 9.17) is 17.3 Å². The molecule has 0 aliphatic carbocycles. The molecule has 0 spiro atoms. The Hall–Kier alpha value is -1.24. The highest BCUT2D eigenvalue weighted by molar-refractivity contribution is 8.00. The first-order valence-corrected chi connectivity index (χ1v) is 8.19. The van der Waals surface area contributed by atoms with Crippen LogP contribution >= 0.6 is 34.7 Å². The van der Waals surface area contributed by atoms with Crippen LogP contribution in [0.1, 0.15) is 11.4 Å². The van der Waals surface area contributed by atoms with Crippen molar-refractivity contribution in [1.29, 1.82) is 0 Å². The molecule has 4 nitrogen and oxygen atoms in total. The summed E-state index contributed by atoms with van der Waals surface area (Å²) in [5, 5.41) is 5.06. The lowest BCUT2D eigenvalue weighted by Crippen LogP contribution is -1.96. The zero-order chi connectivity index (χ0) is 14.3. The van der Waals surface area contributed by atoms with Crippen LogP contribution in [-0.4, -0.2) is 14.8 Å². The van der Waals surface area contributed by atoms with Crippen LogP contribution in [0.15, 0.2) is 22.5 Å². The van der Waals surface area contributed by atoms with Crippen molar-refractivity contribution in [3.05, 3.63) is 34.6 Å². The molecule has 1 aromatic carbocycles. The fraction of sp³-hybridized carbons (Fsp3) is 0.231. The van der Waals surface area contributed by atoms with Crippen LogP contribution in [0, 0.1) is 6.92 Å². The summed E-state index contributed by atoms with van der Waals surface area (Å²) in [4.78, 5) is 4.59. The van der Waals surface area contributed by atoms with Crippen LogP contribution in [0.5, 0.6) is 0 Å². The van der Waals surface area contributed by atoms with Gasteiger partial charge in [-0.15, -0.1) is 11.3 Å². The monoisotopic (exact) mass is 324 g/mol. The number of thioether (sulfide) groups is 1. The molecule has 0 saturated heterocycles. The fourth-order valence-electron chi connectivity index (χ4n) is 1.95. The molecule has 0 aliphatic rings. The molecular weight excluding hydrogens is 312 g/mol. The molecule has 0 fully saturated rings. The van der Waals surface area contributed by atoms with Crippen molar-refractivity contribution in [2.24, 2.45) is 7.05 Å². The van der Waals surface area contributed by atoms with Crippen molar-refractivity contribution in [3.63, 3.8) is 0 Å². The average Bonchev–Trinajstić information content (AvgIpc) is 2.89. The summed E-state index contributed by atoms with van der Waals surface area (Å²) < 4.78 is 3.95. The SMILES string of the molecule is Cc1nn(C)c(CSc2nc3ccc(N)cc3s2)c1Cl. The normalized spacial score (nSPS) is 11.3. The van der Waals surface area contributed by atoms with Gasteiger partial charge >= 0.3 is 0 Å². The number of rotatable bonds is 3. The standard InChI is InChI=1S/C13H13ClN4S2/c1-7-12(14)10(18(2)17-7)6-19-13-16-9-4-3-8(15)5-11(9)20-13/h3-5H,6,15H2,1-2H3. The fourth-order valence-corrected chi connectivity index (χ4v) is 4.44. The number of aryl methyl sites for hydroxylation is 2. The number of anilines is 1. The van der Waals surface area contributed by atoms with Crippen LogP contribution in [0.2, 0.25) is 5.02 Å². The van der Waals surface area contributed by atoms with Gasteiger partial charge in [0.05, 0.1) is 26.6 Å². The minimum Gasteiger partial charge on any atom is -0.399 e. The average molecular weight is 325 g/mol. The van der Waals surface area contributed by atoms with Gasteiger partial charge in [0.2, 0.25) is 0 Å². The van der Waals surface area contributed by atoms with Gasteiger partial charge in [-0.2, -0.15) is 5.10 Å². The van der Waals surface area contributed by atoms with Gasteiger partial charge in [-0.25, -0.2) is 4.98 Å². The maximum atomic E-state index is 6.25. The molecule has 0 radical (unpaired) electrons. The highest BCUT2D eigenvalue weighted by atomic mass is 35.5. The predicted molar refractivity (Wildman–Crippen MR) is 86.5 cm³/mol. The summed E-state index contributed by atoms with van der Waals surface area (Å²) in [7, 11) is 1.91. The maximum absolute atomic E-state index is 6.25. The molecule has 20 heavy (non-hydrogen) atoms. The smallest absolute Gasteiger partial charge is 0.151 e. The summed E-state index contributed by atoms with van der Waals surface area (Å²) in [6, 6.07) is 5.78. The molecule has 2 heterocycles. The molecule has 0 bridgehead atoms. The Kier molecular flexibility index (Phi) is 3.62. The highest BCUT2D eigenvalue weighted by Crippen LogP contribution is 2.34. The molecule has 0 aliphatic heterocycles. The molecule has 2 N–H and O–H groups in total. The summed E-state index contributed by atoms with van der Waals surface area (Å²) in [6.07, 6.45) is 0. The zero-order valence-electron chi connectivity index (χ0n) is 11.1. The van der Waals surface area contributed by atoms with Crippen LogP contribution in [0.4, 0.5) is 5.69 Å². The number of aromatic nitrogens is 3. The first-order valence-electron chi connectivity index (χ1n) is 6.01. The number of hydrogen-bond acceptors (Lipinski definition) is 5. The molecule has 0 saturated carbocycles. The van der Waals surface area contributed by atoms with Gasteiger partial charge in [-0.1, -0.05) is 23.4 Å². The van der Waals surface area contributed by atoms with E-state index in [1.54, 1.807) is 23.1 Å². The quantitative estimate of drug-likeness (QED) is 0.587. The molecule has 104 valence electrons. The van der Waals surface area contributed by atoms with Gasteiger partial charge in [0.25, 0.3) is 0 Å². The van der Waals surface area contributed by atoms with Crippen molar-refractivity contribution < 1.29 is 0 Å². The van der Waals surface area contributed by atoms with E-state index in [9.17, 15) is 0 Å². The summed E-state index contributed by atoms with van der Waals surface area (Å²) in [5.74, 6) is 0.755. The van der Waals surface area contributed by atoms with E-state index in [0.29, 0.717) is 0 Å². The van der Waals surface area contributed by atoms with Gasteiger partial charge in [0, 0.05) is 18.5 Å². The number of halogens is 1. The van der Waals surface area contributed by atoms with E-state index in [-0.39, 0.29) is 0 Å². The first-order chi connectivity index (χ1) is 9.54. The van der Waals surface area contributed by atoms with E-state index >= 15 is 0 Å². The second-order valence-corrected chi connectivity index (χ2v) is 7.10. The molecule has 7 heteroatoms. The Bertz CT molecular complexity index is 778. The van der Waals surface area contributed by atoms with Crippen molar-refractivity contribution in [3.8, 4) is 0 Å². The lowest BCUT2D eigenvalue weighted by molar-refractivity contribution is 0.727. The molecule has 2 aromatic heterocycles. The number of fused-ring (bicyclic) bond motifs is 1. The van der Waals surface area contributed by atoms with Crippen molar-refractivity contribution in [2.75, 3.05) is 5.73 Å². The third-order valence-corrected chi connectivity index (χ3v) is 5.65. The summed E-state index contributed by atoms with van der Waals surface area (Å²) in [5.41, 5.74) is 9.42. The Morgan fingerprint density at radius 3 is 2.95 bits per heavy atom. The van der Waals surface area contributed by atoms with Crippen LogP contribution in [-0.2, 0) is 12.8 Å². The third kappa shape index (κ3) is 2.51. The van der Waals surface area contributed by atoms with Crippen LogP contribution in [0.25, 0.3) is 10.2 Å². The topological polar surface area (TPSA) is 56.7 Å². The van der Waals surface area contributed by atoms with Crippen molar-refractivity contribution in [2.45, 2.75) is 17.0 Å². The van der Waals surface area contributed by atoms with Crippen molar-refractivity contribution in [1.82, 2.24) is 14.8 Å². The Morgan fingerprint density at radius 2 is 2.25 bits per heavy atom. The molecule has 0 unspecified atom stereocenters. The maximum Gasteiger partial charge on any atom is 0.151 e. The Morgan fingerprint density at radius 1 is 1.45 bits per heavy atom. The second-order valence-electron chi connectivity index (χ2n) is 4.47. The van der Waals surface area contributed by atoms with E-state index in [1.807, 2.05) is 36.9 Å². The Balaban J connectivity index is 1.83. The van der Waals surface area contributed by atoms with Gasteiger partial charge in [-0.05, 0) is 25.1 Å². The second kappa shape index (κ2) is 5.27. The largest absolute Gasteiger partial charge is 0.399 e. The van der Waals surface area contributed by atoms with Crippen LogP contribution in [0.3, 0.4) is 0 Å². The summed E-state index contributed by atoms with van der Waals surface area (Å²) in [6.45, 7) is 1.91. The third-order valence-electron chi connectivity index (χ3n) is 2.99. The van der Waals surface area contributed by atoms with E-state index in [1.165, 1.54) is 0 Å². The Labute approximate surface area is 129 Å². The number of nitrogen functional groups attached to an aromatic ring is 1. The van der Waals surface area contributed by atoms with E-state index in [0.717, 1.165) is 42.4 Å². The number of hydrogen-bond donors (Lipinski definition) is 1. The molecule has 3 rings (SSSR count).